The zero-order valence-corrected chi connectivity index (χ0v) is 7.05. The third kappa shape index (κ3) is 5.22. The van der Waals surface area contributed by atoms with E-state index in [1.807, 2.05) is 33.8 Å². The lowest BCUT2D eigenvalue weighted by molar-refractivity contribution is 1.43. The molecule has 0 aliphatic carbocycles. The molecule has 0 spiro atoms. The van der Waals surface area contributed by atoms with Crippen molar-refractivity contribution in [3.05, 3.63) is 12.3 Å². The molecule has 0 saturated carbocycles. The van der Waals surface area contributed by atoms with Gasteiger partial charge in [-0.15, -0.1) is 0 Å². The molecule has 56 valence electrons. The van der Waals surface area contributed by atoms with Crippen LogP contribution < -0.4 is 0 Å². The Morgan fingerprint density at radius 3 is 2.20 bits per heavy atom. The summed E-state index contributed by atoms with van der Waals surface area (Å²) in [6.07, 6.45) is 3.62. The van der Waals surface area contributed by atoms with Crippen LogP contribution >= 0.6 is 0 Å². The van der Waals surface area contributed by atoms with Gasteiger partial charge in [0.2, 0.25) is 0 Å². The Bertz CT molecular complexity index is 172. The van der Waals surface area contributed by atoms with Crippen LogP contribution in [-0.2, 0) is 0 Å². The second kappa shape index (κ2) is 4.91. The SMILES string of the molecule is C/C=C\N=C(\C)N=C(C)C. The summed E-state index contributed by atoms with van der Waals surface area (Å²) in [4.78, 5) is 8.16. The molecule has 0 fully saturated rings. The summed E-state index contributed by atoms with van der Waals surface area (Å²) < 4.78 is 0. The number of nitrogens with zero attached hydrogens (tertiary/aromatic N) is 2. The zero-order chi connectivity index (χ0) is 7.98. The first-order chi connectivity index (χ1) is 4.66. The van der Waals surface area contributed by atoms with E-state index in [1.54, 1.807) is 6.20 Å². The second-order valence-corrected chi connectivity index (χ2v) is 2.22. The maximum absolute atomic E-state index is 4.13. The van der Waals surface area contributed by atoms with Crippen LogP contribution in [0, 0.1) is 0 Å². The van der Waals surface area contributed by atoms with Crippen molar-refractivity contribution < 1.29 is 0 Å². The topological polar surface area (TPSA) is 24.7 Å². The van der Waals surface area contributed by atoms with Crippen LogP contribution in [0.4, 0.5) is 0 Å². The number of allylic oxidation sites excluding steroid dienone is 1. The van der Waals surface area contributed by atoms with Crippen molar-refractivity contribution in [1.82, 2.24) is 0 Å². The first-order valence-corrected chi connectivity index (χ1v) is 3.34. The van der Waals surface area contributed by atoms with E-state index in [4.69, 9.17) is 0 Å². The van der Waals surface area contributed by atoms with Crippen LogP contribution in [-0.4, -0.2) is 11.5 Å². The molecule has 0 aromatic heterocycles. The second-order valence-electron chi connectivity index (χ2n) is 2.22. The summed E-state index contributed by atoms with van der Waals surface area (Å²) in [7, 11) is 0. The Kier molecular flexibility index (Phi) is 4.46. The van der Waals surface area contributed by atoms with Crippen LogP contribution in [0.1, 0.15) is 27.7 Å². The summed E-state index contributed by atoms with van der Waals surface area (Å²) in [5.41, 5.74) is 1.03. The molecule has 0 aromatic carbocycles. The number of hydrogen-bond donors (Lipinski definition) is 0. The largest absolute Gasteiger partial charge is 0.243 e. The van der Waals surface area contributed by atoms with Crippen molar-refractivity contribution in [3.8, 4) is 0 Å². The lowest BCUT2D eigenvalue weighted by Crippen LogP contribution is -1.89. The van der Waals surface area contributed by atoms with Gasteiger partial charge in [0.15, 0.2) is 0 Å². The summed E-state index contributed by atoms with van der Waals surface area (Å²) in [6, 6.07) is 0. The van der Waals surface area contributed by atoms with Gasteiger partial charge in [0.1, 0.15) is 5.84 Å². The number of amidine groups is 1. The highest BCUT2D eigenvalue weighted by Gasteiger charge is 1.81. The van der Waals surface area contributed by atoms with Gasteiger partial charge in [-0.25, -0.2) is 9.98 Å². The molecule has 0 heterocycles. The van der Waals surface area contributed by atoms with Gasteiger partial charge in [-0.05, 0) is 27.7 Å². The maximum Gasteiger partial charge on any atom is 0.125 e. The van der Waals surface area contributed by atoms with Crippen molar-refractivity contribution in [2.45, 2.75) is 27.7 Å². The smallest absolute Gasteiger partial charge is 0.125 e. The molecule has 2 heteroatoms. The average molecular weight is 138 g/mol. The predicted molar refractivity (Wildman–Crippen MR) is 46.7 cm³/mol. The Balaban J connectivity index is 4.08. The van der Waals surface area contributed by atoms with E-state index in [1.165, 1.54) is 0 Å². The van der Waals surface area contributed by atoms with Crippen LogP contribution in [0.25, 0.3) is 0 Å². The first kappa shape index (κ1) is 9.08. The van der Waals surface area contributed by atoms with Gasteiger partial charge in [-0.1, -0.05) is 6.08 Å². The molecule has 10 heavy (non-hydrogen) atoms. The van der Waals surface area contributed by atoms with Crippen molar-refractivity contribution in [1.29, 1.82) is 0 Å². The molecular formula is C8H14N2. The molecule has 0 saturated heterocycles. The van der Waals surface area contributed by atoms with Crippen molar-refractivity contribution >= 4 is 11.5 Å². The van der Waals surface area contributed by atoms with Crippen LogP contribution in [0.3, 0.4) is 0 Å². The number of rotatable bonds is 1. The normalized spacial score (nSPS) is 12.2. The van der Waals surface area contributed by atoms with Gasteiger partial charge in [-0.2, -0.15) is 0 Å². The summed E-state index contributed by atoms with van der Waals surface area (Å²) in [5, 5.41) is 0. The van der Waals surface area contributed by atoms with Gasteiger partial charge >= 0.3 is 0 Å². The lowest BCUT2D eigenvalue weighted by atomic mass is 10.5. The summed E-state index contributed by atoms with van der Waals surface area (Å²) >= 11 is 0. The molecule has 0 radical (unpaired) electrons. The maximum atomic E-state index is 4.13. The standard InChI is InChI=1S/C8H14N2/c1-5-6-9-8(4)10-7(2)3/h5-6H,1-4H3/b6-5-,9-8-. The molecule has 0 N–H and O–H groups in total. The fourth-order valence-electron chi connectivity index (χ4n) is 0.535. The third-order valence-corrected chi connectivity index (χ3v) is 0.796. The highest BCUT2D eigenvalue weighted by molar-refractivity contribution is 5.94. The highest BCUT2D eigenvalue weighted by atomic mass is 14.9. The molecule has 0 rings (SSSR count). The monoisotopic (exact) mass is 138 g/mol. The molecule has 0 atom stereocenters. The predicted octanol–water partition coefficient (Wildman–Crippen LogP) is 2.42. The van der Waals surface area contributed by atoms with Crippen molar-refractivity contribution in [2.75, 3.05) is 0 Å². The Morgan fingerprint density at radius 2 is 1.80 bits per heavy atom. The molecule has 0 unspecified atom stereocenters. The average Bonchev–Trinajstić information content (AvgIpc) is 1.82. The van der Waals surface area contributed by atoms with Crippen molar-refractivity contribution in [2.24, 2.45) is 9.98 Å². The number of aliphatic imine (C=N–C) groups is 2. The van der Waals surface area contributed by atoms with Gasteiger partial charge < -0.3 is 0 Å². The zero-order valence-electron chi connectivity index (χ0n) is 7.05. The summed E-state index contributed by atoms with van der Waals surface area (Å²) in [6.45, 7) is 7.72. The van der Waals surface area contributed by atoms with E-state index < -0.39 is 0 Å². The number of hydrogen-bond acceptors (Lipinski definition) is 1. The molecule has 0 aromatic rings. The van der Waals surface area contributed by atoms with E-state index in [0.717, 1.165) is 11.5 Å². The minimum absolute atomic E-state index is 0.804. The fourth-order valence-corrected chi connectivity index (χ4v) is 0.535. The molecule has 2 nitrogen and oxygen atoms in total. The molecule has 0 bridgehead atoms. The molecule has 0 amide bonds. The van der Waals surface area contributed by atoms with Gasteiger partial charge in [0.25, 0.3) is 0 Å². The van der Waals surface area contributed by atoms with E-state index >= 15 is 0 Å². The molecule has 0 aliphatic heterocycles. The lowest BCUT2D eigenvalue weighted by Gasteiger charge is -1.88. The Hall–Kier alpha value is -0.920. The van der Waals surface area contributed by atoms with E-state index in [-0.39, 0.29) is 0 Å². The van der Waals surface area contributed by atoms with E-state index in [0.29, 0.717) is 0 Å². The minimum atomic E-state index is 0.804. The fraction of sp³-hybridized carbons (Fsp3) is 0.500. The Labute approximate surface area is 62.4 Å². The van der Waals surface area contributed by atoms with E-state index in [9.17, 15) is 0 Å². The van der Waals surface area contributed by atoms with Crippen LogP contribution in [0.2, 0.25) is 0 Å². The van der Waals surface area contributed by atoms with Crippen molar-refractivity contribution in [3.63, 3.8) is 0 Å². The molecular weight excluding hydrogens is 124 g/mol. The van der Waals surface area contributed by atoms with Gasteiger partial charge in [-0.3, -0.25) is 0 Å². The molecule has 0 aliphatic rings. The summed E-state index contributed by atoms with van der Waals surface area (Å²) in [5.74, 6) is 0.804. The minimum Gasteiger partial charge on any atom is -0.243 e. The van der Waals surface area contributed by atoms with Gasteiger partial charge in [0.05, 0.1) is 0 Å². The van der Waals surface area contributed by atoms with Gasteiger partial charge in [0, 0.05) is 11.9 Å². The highest BCUT2D eigenvalue weighted by Crippen LogP contribution is 1.84. The van der Waals surface area contributed by atoms with E-state index in [2.05, 4.69) is 9.98 Å². The quantitative estimate of drug-likeness (QED) is 0.392. The Morgan fingerprint density at radius 1 is 1.20 bits per heavy atom. The first-order valence-electron chi connectivity index (χ1n) is 3.34. The van der Waals surface area contributed by atoms with Crippen LogP contribution in [0.15, 0.2) is 22.3 Å². The van der Waals surface area contributed by atoms with Crippen LogP contribution in [0.5, 0.6) is 0 Å². The third-order valence-electron chi connectivity index (χ3n) is 0.796.